The molecule has 3 rings (SSSR count). The van der Waals surface area contributed by atoms with E-state index in [-0.39, 0.29) is 0 Å². The monoisotopic (exact) mass is 330 g/mol. The maximum absolute atomic E-state index is 11.9. The third-order valence-corrected chi connectivity index (χ3v) is 6.59. The molecule has 7 heteroatoms. The van der Waals surface area contributed by atoms with Crippen molar-refractivity contribution in [3.63, 3.8) is 0 Å². The molecular formula is C14H22N2O3S2. The molecule has 1 atom stereocenters. The first-order valence-electron chi connectivity index (χ1n) is 7.34. The Balaban J connectivity index is 1.61. The molecule has 2 fully saturated rings. The van der Waals surface area contributed by atoms with Gasteiger partial charge in [-0.3, -0.25) is 4.90 Å². The van der Waals surface area contributed by atoms with Crippen molar-refractivity contribution in [1.29, 1.82) is 0 Å². The first-order valence-corrected chi connectivity index (χ1v) is 10.4. The van der Waals surface area contributed by atoms with Gasteiger partial charge in [-0.15, -0.1) is 0 Å². The number of nitrogens with zero attached hydrogens (tertiary/aromatic N) is 1. The highest BCUT2D eigenvalue weighted by Crippen LogP contribution is 2.23. The summed E-state index contributed by atoms with van der Waals surface area (Å²) in [5, 5.41) is 3.02. The van der Waals surface area contributed by atoms with Crippen LogP contribution in [-0.4, -0.2) is 49.0 Å². The molecular weight excluding hydrogens is 308 g/mol. The molecule has 1 saturated heterocycles. The molecule has 1 saturated carbocycles. The SMILES string of the molecule is CS(=O)(=O)C1CSCCN1Cc1ccc(CNC2CC2)o1. The number of hydrogen-bond donors (Lipinski definition) is 1. The molecule has 0 radical (unpaired) electrons. The number of furan rings is 1. The molecule has 5 nitrogen and oxygen atoms in total. The van der Waals surface area contributed by atoms with Gasteiger partial charge in [0.2, 0.25) is 0 Å². The molecule has 0 bridgehead atoms. The van der Waals surface area contributed by atoms with Gasteiger partial charge in [0.1, 0.15) is 16.9 Å². The predicted octanol–water partition coefficient (Wildman–Crippen LogP) is 1.45. The lowest BCUT2D eigenvalue weighted by Gasteiger charge is -2.33. The van der Waals surface area contributed by atoms with Crippen LogP contribution in [0.2, 0.25) is 0 Å². The third kappa shape index (κ3) is 4.25. The Labute approximate surface area is 130 Å². The summed E-state index contributed by atoms with van der Waals surface area (Å²) in [5.74, 6) is 3.40. The topological polar surface area (TPSA) is 62.6 Å². The van der Waals surface area contributed by atoms with Gasteiger partial charge in [-0.1, -0.05) is 0 Å². The summed E-state index contributed by atoms with van der Waals surface area (Å²) < 4.78 is 29.6. The van der Waals surface area contributed by atoms with Crippen LogP contribution in [0.3, 0.4) is 0 Å². The van der Waals surface area contributed by atoms with Crippen molar-refractivity contribution in [3.05, 3.63) is 23.7 Å². The van der Waals surface area contributed by atoms with Gasteiger partial charge in [0, 0.05) is 30.3 Å². The molecule has 2 aliphatic rings. The predicted molar refractivity (Wildman–Crippen MR) is 84.9 cm³/mol. The molecule has 1 N–H and O–H groups in total. The molecule has 118 valence electrons. The lowest BCUT2D eigenvalue weighted by molar-refractivity contribution is 0.237. The van der Waals surface area contributed by atoms with Crippen molar-refractivity contribution < 1.29 is 12.8 Å². The lowest BCUT2D eigenvalue weighted by atomic mass is 10.3. The van der Waals surface area contributed by atoms with Gasteiger partial charge in [0.25, 0.3) is 0 Å². The van der Waals surface area contributed by atoms with Crippen LogP contribution in [0.5, 0.6) is 0 Å². The van der Waals surface area contributed by atoms with Crippen molar-refractivity contribution in [2.75, 3.05) is 24.3 Å². The fourth-order valence-corrected chi connectivity index (χ4v) is 5.47. The number of thioether (sulfide) groups is 1. The van der Waals surface area contributed by atoms with E-state index < -0.39 is 15.2 Å². The average molecular weight is 330 g/mol. The summed E-state index contributed by atoms with van der Waals surface area (Å²) in [5.41, 5.74) is 0. The molecule has 1 unspecified atom stereocenters. The quantitative estimate of drug-likeness (QED) is 0.852. The summed E-state index contributed by atoms with van der Waals surface area (Å²) in [6.45, 7) is 2.12. The van der Waals surface area contributed by atoms with Crippen molar-refractivity contribution in [1.82, 2.24) is 10.2 Å². The van der Waals surface area contributed by atoms with Crippen molar-refractivity contribution in [3.8, 4) is 0 Å². The first kappa shape index (κ1) is 15.4. The van der Waals surface area contributed by atoms with Crippen LogP contribution in [0.4, 0.5) is 0 Å². The summed E-state index contributed by atoms with van der Waals surface area (Å²) in [6, 6.07) is 4.61. The zero-order chi connectivity index (χ0) is 14.9. The Morgan fingerprint density at radius 1 is 1.38 bits per heavy atom. The van der Waals surface area contributed by atoms with Crippen LogP contribution in [0, 0.1) is 0 Å². The summed E-state index contributed by atoms with van der Waals surface area (Å²) in [6.07, 6.45) is 3.84. The highest BCUT2D eigenvalue weighted by molar-refractivity contribution is 8.00. The van der Waals surface area contributed by atoms with E-state index >= 15 is 0 Å². The highest BCUT2D eigenvalue weighted by atomic mass is 32.2. The number of hydrogen-bond acceptors (Lipinski definition) is 6. The second-order valence-corrected chi connectivity index (χ2v) is 9.21. The molecule has 21 heavy (non-hydrogen) atoms. The zero-order valence-electron chi connectivity index (χ0n) is 12.2. The largest absolute Gasteiger partial charge is 0.463 e. The zero-order valence-corrected chi connectivity index (χ0v) is 13.9. The van der Waals surface area contributed by atoms with Gasteiger partial charge < -0.3 is 9.73 Å². The van der Waals surface area contributed by atoms with Crippen LogP contribution < -0.4 is 5.32 Å². The van der Waals surface area contributed by atoms with Gasteiger partial charge >= 0.3 is 0 Å². The average Bonchev–Trinajstić information content (AvgIpc) is 3.16. The van der Waals surface area contributed by atoms with E-state index in [1.54, 1.807) is 11.8 Å². The summed E-state index contributed by atoms with van der Waals surface area (Å²) in [7, 11) is -3.05. The Bertz CT molecular complexity index is 581. The van der Waals surface area contributed by atoms with E-state index in [1.165, 1.54) is 19.1 Å². The van der Waals surface area contributed by atoms with E-state index in [0.29, 0.717) is 18.3 Å². The van der Waals surface area contributed by atoms with Gasteiger partial charge in [0.05, 0.1) is 13.1 Å². The molecule has 1 aromatic heterocycles. The maximum Gasteiger partial charge on any atom is 0.164 e. The molecule has 1 aliphatic carbocycles. The van der Waals surface area contributed by atoms with E-state index in [0.717, 1.165) is 30.4 Å². The van der Waals surface area contributed by atoms with Crippen LogP contribution in [0.25, 0.3) is 0 Å². The van der Waals surface area contributed by atoms with E-state index in [1.807, 2.05) is 17.0 Å². The Kier molecular flexibility index (Phi) is 4.63. The van der Waals surface area contributed by atoms with E-state index in [4.69, 9.17) is 4.42 Å². The van der Waals surface area contributed by atoms with Crippen LogP contribution in [0.15, 0.2) is 16.5 Å². The highest BCUT2D eigenvalue weighted by Gasteiger charge is 2.31. The lowest BCUT2D eigenvalue weighted by Crippen LogP contribution is -2.46. The van der Waals surface area contributed by atoms with Gasteiger partial charge in [0.15, 0.2) is 9.84 Å². The van der Waals surface area contributed by atoms with E-state index in [9.17, 15) is 8.42 Å². The van der Waals surface area contributed by atoms with Crippen molar-refractivity contribution in [2.45, 2.75) is 37.3 Å². The fourth-order valence-electron chi connectivity index (χ4n) is 2.53. The Hall–Kier alpha value is -0.500. The standard InChI is InChI=1S/C14H22N2O3S2/c1-21(17,18)14-10-20-7-6-16(14)9-13-5-4-12(19-13)8-15-11-2-3-11/h4-5,11,14-15H,2-3,6-10H2,1H3. The van der Waals surface area contributed by atoms with Crippen LogP contribution in [-0.2, 0) is 22.9 Å². The molecule has 1 aromatic rings. The minimum atomic E-state index is -3.05. The van der Waals surface area contributed by atoms with Crippen LogP contribution in [0.1, 0.15) is 24.4 Å². The van der Waals surface area contributed by atoms with E-state index in [2.05, 4.69) is 5.32 Å². The minimum Gasteiger partial charge on any atom is -0.463 e. The third-order valence-electron chi connectivity index (χ3n) is 3.90. The van der Waals surface area contributed by atoms with Gasteiger partial charge in [-0.2, -0.15) is 11.8 Å². The first-order chi connectivity index (χ1) is 10.0. The molecule has 0 aromatic carbocycles. The molecule has 1 aliphatic heterocycles. The fraction of sp³-hybridized carbons (Fsp3) is 0.714. The molecule has 0 spiro atoms. The molecule has 0 amide bonds. The van der Waals surface area contributed by atoms with Crippen molar-refractivity contribution >= 4 is 21.6 Å². The normalized spacial score (nSPS) is 24.3. The van der Waals surface area contributed by atoms with Crippen LogP contribution >= 0.6 is 11.8 Å². The summed E-state index contributed by atoms with van der Waals surface area (Å²) in [4.78, 5) is 2.02. The minimum absolute atomic E-state index is 0.394. The number of sulfone groups is 1. The molecule has 2 heterocycles. The smallest absolute Gasteiger partial charge is 0.164 e. The maximum atomic E-state index is 11.9. The second kappa shape index (κ2) is 6.32. The number of nitrogens with one attached hydrogen (secondary N) is 1. The Morgan fingerprint density at radius 3 is 2.86 bits per heavy atom. The van der Waals surface area contributed by atoms with Crippen molar-refractivity contribution in [2.24, 2.45) is 0 Å². The van der Waals surface area contributed by atoms with Gasteiger partial charge in [-0.05, 0) is 25.0 Å². The number of rotatable bonds is 6. The second-order valence-electron chi connectivity index (χ2n) is 5.85. The van der Waals surface area contributed by atoms with Gasteiger partial charge in [-0.25, -0.2) is 8.42 Å². The summed E-state index contributed by atoms with van der Waals surface area (Å²) >= 11 is 1.71. The Morgan fingerprint density at radius 2 is 2.14 bits per heavy atom.